The van der Waals surface area contributed by atoms with Gasteiger partial charge in [0.25, 0.3) is 0 Å². The van der Waals surface area contributed by atoms with E-state index in [0.717, 1.165) is 37.2 Å². The fraction of sp³-hybridized carbons (Fsp3) is 0.625. The molecule has 0 aliphatic heterocycles. The number of phenols is 1. The van der Waals surface area contributed by atoms with E-state index in [1.54, 1.807) is 0 Å². The van der Waals surface area contributed by atoms with Gasteiger partial charge >= 0.3 is 0 Å². The third-order valence-corrected chi connectivity index (χ3v) is 3.66. The van der Waals surface area contributed by atoms with Gasteiger partial charge in [0.1, 0.15) is 5.75 Å². The van der Waals surface area contributed by atoms with Crippen LogP contribution in [-0.4, -0.2) is 18.2 Å². The van der Waals surface area contributed by atoms with Crippen molar-refractivity contribution in [3.63, 3.8) is 0 Å². The molecule has 3 nitrogen and oxygen atoms in total. The summed E-state index contributed by atoms with van der Waals surface area (Å²) in [7, 11) is 0. The highest BCUT2D eigenvalue weighted by atomic mass is 16.3. The zero-order valence-electron chi connectivity index (χ0n) is 12.5. The van der Waals surface area contributed by atoms with Crippen LogP contribution in [0.3, 0.4) is 0 Å². The van der Waals surface area contributed by atoms with Gasteiger partial charge in [0.2, 0.25) is 0 Å². The molecule has 0 aromatic heterocycles. The lowest BCUT2D eigenvalue weighted by molar-refractivity contribution is 0.455. The number of aromatic hydroxyl groups is 1. The highest BCUT2D eigenvalue weighted by Gasteiger charge is 2.12. The van der Waals surface area contributed by atoms with Crippen LogP contribution in [0.5, 0.6) is 5.75 Å². The second-order valence-electron chi connectivity index (χ2n) is 5.02. The number of hydrogen-bond acceptors (Lipinski definition) is 3. The third-order valence-electron chi connectivity index (χ3n) is 3.66. The van der Waals surface area contributed by atoms with E-state index in [2.05, 4.69) is 31.7 Å². The van der Waals surface area contributed by atoms with Gasteiger partial charge < -0.3 is 15.7 Å². The molecule has 0 saturated heterocycles. The maximum absolute atomic E-state index is 10.2. The first-order chi connectivity index (χ1) is 9.13. The lowest BCUT2D eigenvalue weighted by atomic mass is 10.00. The van der Waals surface area contributed by atoms with Gasteiger partial charge in [-0.15, -0.1) is 0 Å². The van der Waals surface area contributed by atoms with Gasteiger partial charge in [-0.3, -0.25) is 0 Å². The molecule has 0 unspecified atom stereocenters. The minimum Gasteiger partial charge on any atom is -0.508 e. The summed E-state index contributed by atoms with van der Waals surface area (Å²) in [4.78, 5) is 2.21. The predicted octanol–water partition coefficient (Wildman–Crippen LogP) is 3.82. The second kappa shape index (κ2) is 8.05. The molecule has 0 amide bonds. The molecule has 3 N–H and O–H groups in total. The Morgan fingerprint density at radius 2 is 1.84 bits per heavy atom. The van der Waals surface area contributed by atoms with Crippen molar-refractivity contribution in [2.75, 3.05) is 18.0 Å². The number of benzene rings is 1. The first-order valence-electron chi connectivity index (χ1n) is 7.47. The summed E-state index contributed by atoms with van der Waals surface area (Å²) in [6.07, 6.45) is 4.45. The number of unbranched alkanes of at least 4 members (excludes halogenated alkanes) is 2. The Kier molecular flexibility index (Phi) is 6.71. The van der Waals surface area contributed by atoms with Crippen LogP contribution in [-0.2, 0) is 0 Å². The smallest absolute Gasteiger partial charge is 0.122 e. The van der Waals surface area contributed by atoms with Crippen LogP contribution >= 0.6 is 0 Å². The van der Waals surface area contributed by atoms with Crippen molar-refractivity contribution in [3.05, 3.63) is 23.8 Å². The summed E-state index contributed by atoms with van der Waals surface area (Å²) in [6.45, 7) is 8.30. The SMILES string of the molecule is CCCCC[C@@H](N)c1ccc(N(CC)CC)cc1O. The van der Waals surface area contributed by atoms with Crippen LogP contribution in [0.1, 0.15) is 58.1 Å². The van der Waals surface area contributed by atoms with Gasteiger partial charge in [0.05, 0.1) is 0 Å². The summed E-state index contributed by atoms with van der Waals surface area (Å²) in [5.74, 6) is 0.327. The average molecular weight is 264 g/mol. The lowest BCUT2D eigenvalue weighted by Gasteiger charge is -2.22. The average Bonchev–Trinajstić information content (AvgIpc) is 2.40. The minimum absolute atomic E-state index is 0.0581. The van der Waals surface area contributed by atoms with Crippen LogP contribution < -0.4 is 10.6 Å². The predicted molar refractivity (Wildman–Crippen MR) is 82.7 cm³/mol. The van der Waals surface area contributed by atoms with Gasteiger partial charge in [-0.05, 0) is 26.3 Å². The molecule has 3 heteroatoms. The number of phenolic OH excluding ortho intramolecular Hbond substituents is 1. The third kappa shape index (κ3) is 4.43. The molecular formula is C16H28N2O. The largest absolute Gasteiger partial charge is 0.508 e. The van der Waals surface area contributed by atoms with E-state index >= 15 is 0 Å². The zero-order valence-corrected chi connectivity index (χ0v) is 12.5. The van der Waals surface area contributed by atoms with Crippen LogP contribution in [0.2, 0.25) is 0 Å². The van der Waals surface area contributed by atoms with E-state index in [-0.39, 0.29) is 6.04 Å². The van der Waals surface area contributed by atoms with Crippen LogP contribution in [0.25, 0.3) is 0 Å². The number of nitrogens with two attached hydrogens (primary N) is 1. The molecule has 0 spiro atoms. The maximum atomic E-state index is 10.2. The fourth-order valence-electron chi connectivity index (χ4n) is 2.40. The second-order valence-corrected chi connectivity index (χ2v) is 5.02. The molecule has 0 radical (unpaired) electrons. The molecule has 1 rings (SSSR count). The van der Waals surface area contributed by atoms with Crippen molar-refractivity contribution in [2.24, 2.45) is 5.73 Å². The monoisotopic (exact) mass is 264 g/mol. The van der Waals surface area contributed by atoms with Crippen LogP contribution in [0, 0.1) is 0 Å². The van der Waals surface area contributed by atoms with Crippen molar-refractivity contribution in [2.45, 2.75) is 52.5 Å². The number of anilines is 1. The Morgan fingerprint density at radius 3 is 2.37 bits per heavy atom. The molecule has 1 atom stereocenters. The zero-order chi connectivity index (χ0) is 14.3. The Morgan fingerprint density at radius 1 is 1.16 bits per heavy atom. The summed E-state index contributed by atoms with van der Waals surface area (Å²) in [5, 5.41) is 10.2. The van der Waals surface area contributed by atoms with Crippen molar-refractivity contribution in [1.29, 1.82) is 0 Å². The fourth-order valence-corrected chi connectivity index (χ4v) is 2.40. The maximum Gasteiger partial charge on any atom is 0.122 e. The van der Waals surface area contributed by atoms with E-state index < -0.39 is 0 Å². The number of nitrogens with zero attached hydrogens (tertiary/aromatic N) is 1. The Hall–Kier alpha value is -1.22. The van der Waals surface area contributed by atoms with E-state index in [4.69, 9.17) is 5.73 Å². The van der Waals surface area contributed by atoms with Crippen LogP contribution in [0.15, 0.2) is 18.2 Å². The van der Waals surface area contributed by atoms with Gasteiger partial charge in [0, 0.05) is 36.4 Å². The van der Waals surface area contributed by atoms with Crippen molar-refractivity contribution < 1.29 is 5.11 Å². The van der Waals surface area contributed by atoms with Gasteiger partial charge in [-0.25, -0.2) is 0 Å². The molecule has 19 heavy (non-hydrogen) atoms. The minimum atomic E-state index is -0.0581. The standard InChI is InChI=1S/C16H28N2O/c1-4-7-8-9-15(17)14-11-10-13(12-16(14)19)18(5-2)6-3/h10-12,15,19H,4-9,17H2,1-3H3/t15-/m1/s1. The summed E-state index contributed by atoms with van der Waals surface area (Å²) in [5.41, 5.74) is 8.08. The molecule has 108 valence electrons. The Bertz CT molecular complexity index is 375. The molecule has 0 aliphatic carbocycles. The molecule has 0 heterocycles. The highest BCUT2D eigenvalue weighted by Crippen LogP contribution is 2.30. The molecule has 1 aromatic carbocycles. The van der Waals surface area contributed by atoms with Crippen molar-refractivity contribution >= 4 is 5.69 Å². The van der Waals surface area contributed by atoms with Crippen molar-refractivity contribution in [3.8, 4) is 5.75 Å². The normalized spacial score (nSPS) is 12.4. The number of hydrogen-bond donors (Lipinski definition) is 2. The molecule has 0 saturated carbocycles. The number of rotatable bonds is 8. The molecular weight excluding hydrogens is 236 g/mol. The summed E-state index contributed by atoms with van der Waals surface area (Å²) < 4.78 is 0. The summed E-state index contributed by atoms with van der Waals surface area (Å²) >= 11 is 0. The van der Waals surface area contributed by atoms with Crippen LogP contribution in [0.4, 0.5) is 5.69 Å². The molecule has 0 fully saturated rings. The summed E-state index contributed by atoms with van der Waals surface area (Å²) in [6, 6.07) is 5.81. The van der Waals surface area contributed by atoms with E-state index in [1.807, 2.05) is 12.1 Å². The Labute approximate surface area is 117 Å². The lowest BCUT2D eigenvalue weighted by Crippen LogP contribution is -2.21. The first-order valence-corrected chi connectivity index (χ1v) is 7.47. The Balaban J connectivity index is 2.76. The molecule has 0 bridgehead atoms. The topological polar surface area (TPSA) is 49.5 Å². The molecule has 1 aromatic rings. The van der Waals surface area contributed by atoms with Crippen molar-refractivity contribution in [1.82, 2.24) is 0 Å². The van der Waals surface area contributed by atoms with Gasteiger partial charge in [-0.1, -0.05) is 32.3 Å². The quantitative estimate of drug-likeness (QED) is 0.702. The first kappa shape index (κ1) is 15.8. The van der Waals surface area contributed by atoms with E-state index in [9.17, 15) is 5.11 Å². The van der Waals surface area contributed by atoms with Gasteiger partial charge in [-0.2, -0.15) is 0 Å². The molecule has 0 aliphatic rings. The van der Waals surface area contributed by atoms with E-state index in [1.165, 1.54) is 12.8 Å². The van der Waals surface area contributed by atoms with Gasteiger partial charge in [0.15, 0.2) is 0 Å². The highest BCUT2D eigenvalue weighted by molar-refractivity contribution is 5.53. The van der Waals surface area contributed by atoms with E-state index in [0.29, 0.717) is 5.75 Å².